The molecule has 0 heterocycles. The van der Waals surface area contributed by atoms with Gasteiger partial charge in [-0.1, -0.05) is 13.3 Å². The fourth-order valence-corrected chi connectivity index (χ4v) is 0.730. The molecule has 0 rings (SSSR count). The largest absolute Gasteiger partial charge is 0.468 e. The Hall–Kier alpha value is -0.255. The van der Waals surface area contributed by atoms with E-state index in [0.717, 1.165) is 0 Å². The van der Waals surface area contributed by atoms with Crippen LogP contribution in [0.1, 0.15) is 13.3 Å². The van der Waals surface area contributed by atoms with Gasteiger partial charge in [-0.25, -0.2) is 0 Å². The average Bonchev–Trinajstić information content (AvgIpc) is 1.78. The Morgan fingerprint density at radius 1 is 0.929 bits per heavy atom. The van der Waals surface area contributed by atoms with Gasteiger partial charge in [-0.15, -0.1) is 0 Å². The zero-order valence-corrected chi connectivity index (χ0v) is 7.49. The number of rotatable bonds is 6. The second-order valence-electron chi connectivity index (χ2n) is 2.60. The summed E-state index contributed by atoms with van der Waals surface area (Å²) in [6.45, 7) is 1.65. The Bertz CT molecular complexity index is 144. The van der Waals surface area contributed by atoms with Gasteiger partial charge in [0.2, 0.25) is 0 Å². The Morgan fingerprint density at radius 3 is 1.50 bits per heavy atom. The van der Waals surface area contributed by atoms with Crippen molar-refractivity contribution in [3.63, 3.8) is 0 Å². The van der Waals surface area contributed by atoms with Crippen molar-refractivity contribution in [3.05, 3.63) is 0 Å². The van der Waals surface area contributed by atoms with Gasteiger partial charge in [-0.2, -0.15) is 0 Å². The lowest BCUT2D eigenvalue weighted by atomic mass is 9.83. The molecule has 0 radical (unpaired) electrons. The minimum Gasteiger partial charge on any atom is -0.335 e. The maximum Gasteiger partial charge on any atom is 0.468 e. The van der Waals surface area contributed by atoms with Crippen molar-refractivity contribution in [2.75, 3.05) is 0 Å². The lowest BCUT2D eigenvalue weighted by Crippen LogP contribution is -2.45. The molecule has 0 bridgehead atoms. The van der Waals surface area contributed by atoms with Crippen molar-refractivity contribution >= 4 is 7.12 Å². The number of hydrogen-bond acceptors (Lipinski definition) is 8. The zero-order chi connectivity index (χ0) is 11.4. The molecule has 0 fully saturated rings. The third kappa shape index (κ3) is 8.35. The highest BCUT2D eigenvalue weighted by molar-refractivity contribution is 6.44. The average molecular weight is 212 g/mol. The first-order chi connectivity index (χ1) is 6.14. The van der Waals surface area contributed by atoms with Crippen LogP contribution < -0.4 is 0 Å². The van der Waals surface area contributed by atoms with Gasteiger partial charge in [-0.3, -0.25) is 0 Å². The molecular weight excluding hydrogens is 199 g/mol. The molecule has 9 heteroatoms. The second-order valence-corrected chi connectivity index (χ2v) is 2.60. The van der Waals surface area contributed by atoms with Crippen LogP contribution in [-0.4, -0.2) is 50.1 Å². The Balaban J connectivity index is 4.16. The van der Waals surface area contributed by atoms with Crippen LogP contribution in [0, 0.1) is 0 Å². The minimum absolute atomic E-state index is 0.00708. The van der Waals surface area contributed by atoms with E-state index >= 15 is 0 Å². The quantitative estimate of drug-likeness (QED) is 0.203. The van der Waals surface area contributed by atoms with E-state index in [1.54, 1.807) is 6.92 Å². The predicted octanol–water partition coefficient (Wildman–Crippen LogP) is -2.91. The van der Waals surface area contributed by atoms with Gasteiger partial charge in [0.25, 0.3) is 0 Å². The summed E-state index contributed by atoms with van der Waals surface area (Å²) in [5, 5.41) is 50.3. The van der Waals surface area contributed by atoms with Crippen LogP contribution >= 0.6 is 0 Å². The molecule has 0 atom stereocenters. The first-order valence-electron chi connectivity index (χ1n) is 3.84. The molecule has 0 aliphatic carbocycles. The summed E-state index contributed by atoms with van der Waals surface area (Å²) in [5.74, 6) is 0. The van der Waals surface area contributed by atoms with Crippen LogP contribution in [0.3, 0.4) is 0 Å². The molecule has 0 aromatic rings. The zero-order valence-electron chi connectivity index (χ0n) is 7.49. The highest BCUT2D eigenvalue weighted by Crippen LogP contribution is 2.11. The predicted molar refractivity (Wildman–Crippen MR) is 41.8 cm³/mol. The normalized spacial score (nSPS) is 13.1. The monoisotopic (exact) mass is 212 g/mol. The summed E-state index contributed by atoms with van der Waals surface area (Å²) in [6, 6.07) is 0. The van der Waals surface area contributed by atoms with E-state index in [1.807, 2.05) is 0 Å². The van der Waals surface area contributed by atoms with Crippen molar-refractivity contribution in [2.45, 2.75) is 32.0 Å². The Kier molecular flexibility index (Phi) is 4.91. The molecule has 0 saturated heterocycles. The summed E-state index contributed by atoms with van der Waals surface area (Å²) < 4.78 is 8.04. The molecule has 0 amide bonds. The summed E-state index contributed by atoms with van der Waals surface area (Å²) in [5.41, 5.74) is 0. The lowest BCUT2D eigenvalue weighted by molar-refractivity contribution is -0.450. The molecule has 84 valence electrons. The van der Waals surface area contributed by atoms with E-state index < -0.39 is 19.4 Å². The highest BCUT2D eigenvalue weighted by Gasteiger charge is 2.36. The standard InChI is InChI=1S/C5H13BO8/c1-2-3-6(13-4(7,8)9)14-5(10,11)12/h7-12H,2-3H2,1H3. The maximum atomic E-state index is 8.38. The van der Waals surface area contributed by atoms with Crippen molar-refractivity contribution in [1.82, 2.24) is 0 Å². The lowest BCUT2D eigenvalue weighted by Gasteiger charge is -2.23. The van der Waals surface area contributed by atoms with Crippen LogP contribution in [0.4, 0.5) is 0 Å². The highest BCUT2D eigenvalue weighted by atomic mass is 16.9. The second kappa shape index (κ2) is 5.00. The fourth-order valence-electron chi connectivity index (χ4n) is 0.730. The van der Waals surface area contributed by atoms with Gasteiger partial charge in [0.15, 0.2) is 0 Å². The summed E-state index contributed by atoms with van der Waals surface area (Å²) in [4.78, 5) is 0. The third-order valence-electron chi connectivity index (χ3n) is 1.10. The van der Waals surface area contributed by atoms with Crippen LogP contribution in [0.2, 0.25) is 6.32 Å². The molecule has 0 aromatic carbocycles. The molecule has 0 spiro atoms. The molecule has 0 aliphatic heterocycles. The van der Waals surface area contributed by atoms with Crippen molar-refractivity contribution in [3.8, 4) is 0 Å². The first kappa shape index (κ1) is 13.7. The number of hydrogen-bond donors (Lipinski definition) is 6. The Morgan fingerprint density at radius 2 is 1.29 bits per heavy atom. The Labute approximate surface area is 80.1 Å². The third-order valence-corrected chi connectivity index (χ3v) is 1.10. The molecule has 0 aliphatic rings. The van der Waals surface area contributed by atoms with Gasteiger partial charge in [-0.05, 0) is 6.32 Å². The van der Waals surface area contributed by atoms with Gasteiger partial charge >= 0.3 is 19.4 Å². The fraction of sp³-hybridized carbons (Fsp3) is 1.00. The smallest absolute Gasteiger partial charge is 0.335 e. The summed E-state index contributed by atoms with van der Waals surface area (Å²) in [7, 11) is -1.58. The molecule has 0 saturated carbocycles. The molecule has 14 heavy (non-hydrogen) atoms. The van der Waals surface area contributed by atoms with Crippen LogP contribution in [0.25, 0.3) is 0 Å². The van der Waals surface area contributed by atoms with Crippen molar-refractivity contribution in [1.29, 1.82) is 0 Å². The summed E-state index contributed by atoms with van der Waals surface area (Å²) in [6.07, 6.45) is -6.53. The van der Waals surface area contributed by atoms with E-state index in [-0.39, 0.29) is 6.32 Å². The molecule has 0 aromatic heterocycles. The molecule has 0 unspecified atom stereocenters. The van der Waals surface area contributed by atoms with E-state index in [2.05, 4.69) is 9.31 Å². The first-order valence-corrected chi connectivity index (χ1v) is 3.84. The number of aliphatic hydroxyl groups is 6. The maximum absolute atomic E-state index is 8.38. The van der Waals surface area contributed by atoms with Gasteiger partial charge in [0.05, 0.1) is 0 Å². The molecular formula is C5H13BO8. The molecule has 6 N–H and O–H groups in total. The SMILES string of the molecule is CCCB(OC(O)(O)O)OC(O)(O)O. The van der Waals surface area contributed by atoms with Gasteiger partial charge in [0.1, 0.15) is 0 Å². The topological polar surface area (TPSA) is 140 Å². The van der Waals surface area contributed by atoms with E-state index in [0.29, 0.717) is 6.42 Å². The van der Waals surface area contributed by atoms with Gasteiger partial charge in [0, 0.05) is 0 Å². The van der Waals surface area contributed by atoms with E-state index in [4.69, 9.17) is 30.6 Å². The van der Waals surface area contributed by atoms with Crippen LogP contribution in [0.5, 0.6) is 0 Å². The van der Waals surface area contributed by atoms with Crippen molar-refractivity contribution < 1.29 is 39.9 Å². The van der Waals surface area contributed by atoms with Crippen LogP contribution in [0.15, 0.2) is 0 Å². The van der Waals surface area contributed by atoms with Gasteiger partial charge < -0.3 is 39.9 Å². The van der Waals surface area contributed by atoms with Crippen molar-refractivity contribution in [2.24, 2.45) is 0 Å². The van der Waals surface area contributed by atoms with E-state index in [9.17, 15) is 0 Å². The minimum atomic E-state index is -3.47. The molecule has 8 nitrogen and oxygen atoms in total. The van der Waals surface area contributed by atoms with Crippen LogP contribution in [-0.2, 0) is 9.31 Å². The summed E-state index contributed by atoms with van der Waals surface area (Å²) >= 11 is 0. The van der Waals surface area contributed by atoms with E-state index in [1.165, 1.54) is 0 Å².